The summed E-state index contributed by atoms with van der Waals surface area (Å²) in [6.07, 6.45) is 2.69. The summed E-state index contributed by atoms with van der Waals surface area (Å²) < 4.78 is 0. The molecule has 84 valence electrons. The van der Waals surface area contributed by atoms with Crippen LogP contribution in [0.15, 0.2) is 0 Å². The number of rotatable bonds is 4. The van der Waals surface area contributed by atoms with E-state index >= 15 is 0 Å². The monoisotopic (exact) mass is 211 g/mol. The molecular weight excluding hydrogens is 194 g/mol. The van der Waals surface area contributed by atoms with Gasteiger partial charge in [0.25, 0.3) is 0 Å². The summed E-state index contributed by atoms with van der Waals surface area (Å²) in [5.41, 5.74) is 0. The van der Waals surface area contributed by atoms with Gasteiger partial charge in [-0.15, -0.1) is 0 Å². The fourth-order valence-corrected chi connectivity index (χ4v) is 2.14. The quantitative estimate of drug-likeness (QED) is 0.757. The van der Waals surface area contributed by atoms with Crippen molar-refractivity contribution in [3.8, 4) is 0 Å². The van der Waals surface area contributed by atoms with Crippen molar-refractivity contribution in [1.29, 1.82) is 0 Å². The van der Waals surface area contributed by atoms with E-state index in [2.05, 4.69) is 0 Å². The van der Waals surface area contributed by atoms with Gasteiger partial charge in [-0.3, -0.25) is 9.59 Å². The summed E-state index contributed by atoms with van der Waals surface area (Å²) in [7, 11) is 0. The lowest BCUT2D eigenvalue weighted by Crippen LogP contribution is -2.40. The number of hydrogen-bond donors (Lipinski definition) is 1. The maximum absolute atomic E-state index is 12.0. The number of carboxylic acids is 1. The molecule has 2 aliphatic carbocycles. The van der Waals surface area contributed by atoms with Crippen LogP contribution in [0.1, 0.15) is 33.1 Å². The molecule has 2 aliphatic rings. The van der Waals surface area contributed by atoms with Crippen LogP contribution in [0.4, 0.5) is 0 Å². The molecular formula is C11H17NO3. The zero-order chi connectivity index (χ0) is 11.2. The number of carbonyl (C=O) groups excluding carboxylic acids is 1. The minimum absolute atomic E-state index is 0.0555. The zero-order valence-corrected chi connectivity index (χ0v) is 9.14. The predicted molar refractivity (Wildman–Crippen MR) is 54.2 cm³/mol. The van der Waals surface area contributed by atoms with E-state index in [0.717, 1.165) is 12.8 Å². The average Bonchev–Trinajstić information content (AvgIpc) is 2.99. The Morgan fingerprint density at radius 2 is 1.87 bits per heavy atom. The molecule has 2 fully saturated rings. The highest BCUT2D eigenvalue weighted by molar-refractivity contribution is 5.90. The maximum Gasteiger partial charge on any atom is 0.307 e. The fourth-order valence-electron chi connectivity index (χ4n) is 2.14. The van der Waals surface area contributed by atoms with Crippen LogP contribution in [0.3, 0.4) is 0 Å². The SMILES string of the molecule is CC(C)N(C(=O)C1CC1C(=O)O)C1CC1. The Hall–Kier alpha value is -1.06. The van der Waals surface area contributed by atoms with Crippen LogP contribution in [0.5, 0.6) is 0 Å². The summed E-state index contributed by atoms with van der Waals surface area (Å²) in [4.78, 5) is 24.6. The van der Waals surface area contributed by atoms with Crippen molar-refractivity contribution < 1.29 is 14.7 Å². The first-order valence-electron chi connectivity index (χ1n) is 5.57. The standard InChI is InChI=1S/C11H17NO3/c1-6(2)12(7-3-4-7)10(13)8-5-9(8)11(14)15/h6-9H,3-5H2,1-2H3,(H,14,15). The minimum atomic E-state index is -0.826. The Labute approximate surface area is 89.3 Å². The summed E-state index contributed by atoms with van der Waals surface area (Å²) in [5, 5.41) is 8.78. The smallest absolute Gasteiger partial charge is 0.307 e. The minimum Gasteiger partial charge on any atom is -0.481 e. The fraction of sp³-hybridized carbons (Fsp3) is 0.818. The van der Waals surface area contributed by atoms with E-state index in [0.29, 0.717) is 12.5 Å². The van der Waals surface area contributed by atoms with Crippen molar-refractivity contribution >= 4 is 11.9 Å². The molecule has 0 spiro atoms. The number of amides is 1. The lowest BCUT2D eigenvalue weighted by Gasteiger charge is -2.26. The maximum atomic E-state index is 12.0. The number of aliphatic carboxylic acids is 1. The lowest BCUT2D eigenvalue weighted by atomic mass is 10.2. The van der Waals surface area contributed by atoms with Crippen LogP contribution in [0, 0.1) is 11.8 Å². The van der Waals surface area contributed by atoms with E-state index in [1.54, 1.807) is 0 Å². The first kappa shape index (κ1) is 10.5. The molecule has 0 aromatic carbocycles. The van der Waals surface area contributed by atoms with Crippen LogP contribution in [0.25, 0.3) is 0 Å². The molecule has 15 heavy (non-hydrogen) atoms. The number of carbonyl (C=O) groups is 2. The second-order valence-electron chi connectivity index (χ2n) is 4.86. The van der Waals surface area contributed by atoms with Crippen LogP contribution in [-0.4, -0.2) is 34.0 Å². The molecule has 0 aliphatic heterocycles. The molecule has 2 atom stereocenters. The van der Waals surface area contributed by atoms with E-state index in [1.165, 1.54) is 0 Å². The van der Waals surface area contributed by atoms with Crippen molar-refractivity contribution in [3.05, 3.63) is 0 Å². The van der Waals surface area contributed by atoms with E-state index in [-0.39, 0.29) is 17.9 Å². The first-order valence-corrected chi connectivity index (χ1v) is 5.57. The van der Waals surface area contributed by atoms with Crippen molar-refractivity contribution in [2.45, 2.75) is 45.2 Å². The van der Waals surface area contributed by atoms with Gasteiger partial charge in [0, 0.05) is 12.1 Å². The molecule has 0 radical (unpaired) electrons. The summed E-state index contributed by atoms with van der Waals surface area (Å²) in [6, 6.07) is 0.576. The number of carboxylic acid groups (broad SMARTS) is 1. The summed E-state index contributed by atoms with van der Waals surface area (Å²) in [6.45, 7) is 3.99. The van der Waals surface area contributed by atoms with Crippen molar-refractivity contribution in [1.82, 2.24) is 4.90 Å². The third-order valence-electron chi connectivity index (χ3n) is 3.18. The molecule has 0 aromatic rings. The second kappa shape index (κ2) is 3.51. The van der Waals surface area contributed by atoms with Crippen LogP contribution in [-0.2, 0) is 9.59 Å². The highest BCUT2D eigenvalue weighted by atomic mass is 16.4. The Bertz CT molecular complexity index is 294. The van der Waals surface area contributed by atoms with Crippen LogP contribution >= 0.6 is 0 Å². The Morgan fingerprint density at radius 3 is 2.20 bits per heavy atom. The molecule has 4 heteroatoms. The molecule has 2 unspecified atom stereocenters. The van der Waals surface area contributed by atoms with E-state index in [1.807, 2.05) is 18.7 Å². The van der Waals surface area contributed by atoms with E-state index < -0.39 is 11.9 Å². The topological polar surface area (TPSA) is 57.6 Å². The number of hydrogen-bond acceptors (Lipinski definition) is 2. The van der Waals surface area contributed by atoms with Crippen LogP contribution < -0.4 is 0 Å². The second-order valence-corrected chi connectivity index (χ2v) is 4.86. The summed E-state index contributed by atoms with van der Waals surface area (Å²) in [5.74, 6) is -1.43. The highest BCUT2D eigenvalue weighted by Crippen LogP contribution is 2.42. The van der Waals surface area contributed by atoms with Crippen molar-refractivity contribution in [3.63, 3.8) is 0 Å². The van der Waals surface area contributed by atoms with Gasteiger partial charge in [-0.2, -0.15) is 0 Å². The van der Waals surface area contributed by atoms with Gasteiger partial charge < -0.3 is 10.0 Å². The molecule has 2 rings (SSSR count). The largest absolute Gasteiger partial charge is 0.481 e. The van der Waals surface area contributed by atoms with Gasteiger partial charge in [0.2, 0.25) is 5.91 Å². The number of nitrogens with zero attached hydrogens (tertiary/aromatic N) is 1. The normalized spacial score (nSPS) is 29.0. The van der Waals surface area contributed by atoms with E-state index in [4.69, 9.17) is 5.11 Å². The molecule has 1 N–H and O–H groups in total. The molecule has 1 amide bonds. The zero-order valence-electron chi connectivity index (χ0n) is 9.14. The Balaban J connectivity index is 1.97. The molecule has 2 saturated carbocycles. The third-order valence-corrected chi connectivity index (χ3v) is 3.18. The molecule has 0 heterocycles. The average molecular weight is 211 g/mol. The van der Waals surface area contributed by atoms with Gasteiger partial charge in [0.1, 0.15) is 0 Å². The summed E-state index contributed by atoms with van der Waals surface area (Å²) >= 11 is 0. The van der Waals surface area contributed by atoms with E-state index in [9.17, 15) is 9.59 Å². The van der Waals surface area contributed by atoms with Gasteiger partial charge in [0.05, 0.1) is 11.8 Å². The Morgan fingerprint density at radius 1 is 1.27 bits per heavy atom. The third kappa shape index (κ3) is 1.98. The van der Waals surface area contributed by atoms with Crippen LogP contribution in [0.2, 0.25) is 0 Å². The lowest BCUT2D eigenvalue weighted by molar-refractivity contribution is -0.142. The molecule has 0 bridgehead atoms. The molecule has 4 nitrogen and oxygen atoms in total. The van der Waals surface area contributed by atoms with Crippen molar-refractivity contribution in [2.75, 3.05) is 0 Å². The molecule has 0 aromatic heterocycles. The predicted octanol–water partition coefficient (Wildman–Crippen LogP) is 1.11. The molecule has 0 saturated heterocycles. The van der Waals surface area contributed by atoms with Gasteiger partial charge in [-0.1, -0.05) is 0 Å². The van der Waals surface area contributed by atoms with Gasteiger partial charge in [-0.25, -0.2) is 0 Å². The highest BCUT2D eigenvalue weighted by Gasteiger charge is 2.51. The van der Waals surface area contributed by atoms with Gasteiger partial charge >= 0.3 is 5.97 Å². The van der Waals surface area contributed by atoms with Gasteiger partial charge in [-0.05, 0) is 33.1 Å². The first-order chi connectivity index (χ1) is 7.02. The van der Waals surface area contributed by atoms with Crippen molar-refractivity contribution in [2.24, 2.45) is 11.8 Å². The Kier molecular flexibility index (Phi) is 2.44. The van der Waals surface area contributed by atoms with Gasteiger partial charge in [0.15, 0.2) is 0 Å².